The van der Waals surface area contributed by atoms with Gasteiger partial charge in [0.2, 0.25) is 0 Å². The molecule has 1 aliphatic rings. The fraction of sp³-hybridized carbons (Fsp3) is 0.542. The van der Waals surface area contributed by atoms with Crippen molar-refractivity contribution in [3.05, 3.63) is 59.0 Å². The fourth-order valence-electron chi connectivity index (χ4n) is 3.47. The highest BCUT2D eigenvalue weighted by atomic mass is 16.5. The zero-order valence-corrected chi connectivity index (χ0v) is 18.4. The highest BCUT2D eigenvalue weighted by Crippen LogP contribution is 2.23. The summed E-state index contributed by atoms with van der Waals surface area (Å²) in [5.41, 5.74) is 2.78. The number of nitrogens with zero attached hydrogens (tertiary/aromatic N) is 2. The van der Waals surface area contributed by atoms with Crippen LogP contribution in [0.5, 0.6) is 0 Å². The van der Waals surface area contributed by atoms with E-state index in [0.717, 1.165) is 12.3 Å². The Bertz CT molecular complexity index is 796. The third-order valence-electron chi connectivity index (χ3n) is 5.47. The van der Waals surface area contributed by atoms with E-state index in [1.54, 1.807) is 11.0 Å². The van der Waals surface area contributed by atoms with Gasteiger partial charge in [0, 0.05) is 25.7 Å². The Labute approximate surface area is 174 Å². The first-order valence-corrected chi connectivity index (χ1v) is 10.5. The molecule has 5 nitrogen and oxygen atoms in total. The van der Waals surface area contributed by atoms with E-state index in [1.165, 1.54) is 11.1 Å². The van der Waals surface area contributed by atoms with Gasteiger partial charge >= 0.3 is 0 Å². The van der Waals surface area contributed by atoms with Crippen molar-refractivity contribution in [3.63, 3.8) is 0 Å². The van der Waals surface area contributed by atoms with E-state index in [1.807, 2.05) is 6.07 Å². The smallest absolute Gasteiger partial charge is 0.289 e. The van der Waals surface area contributed by atoms with Gasteiger partial charge < -0.3 is 14.1 Å². The lowest BCUT2D eigenvalue weighted by Gasteiger charge is -2.27. The van der Waals surface area contributed by atoms with Crippen LogP contribution in [0.4, 0.5) is 0 Å². The number of benzene rings is 1. The summed E-state index contributed by atoms with van der Waals surface area (Å²) in [5.74, 6) is 1.19. The molecule has 1 fully saturated rings. The first-order valence-electron chi connectivity index (χ1n) is 10.5. The standard InChI is InChI=1S/C24H34N2O3/c1-18(2)26(16-19-6-8-20(9-7-19)24(3,4)5)17-21-10-11-22(29-21)23(27)25-12-14-28-15-13-25/h6-11,18H,12-17H2,1-5H3. The van der Waals surface area contributed by atoms with Gasteiger partial charge in [0.15, 0.2) is 5.76 Å². The minimum Gasteiger partial charge on any atom is -0.455 e. The quantitative estimate of drug-likeness (QED) is 0.721. The second kappa shape index (κ2) is 9.14. The monoisotopic (exact) mass is 398 g/mol. The second-order valence-corrected chi connectivity index (χ2v) is 9.12. The molecule has 1 aliphatic heterocycles. The molecule has 1 aromatic carbocycles. The molecule has 0 saturated carbocycles. The fourth-order valence-corrected chi connectivity index (χ4v) is 3.47. The van der Waals surface area contributed by atoms with Gasteiger partial charge in [-0.25, -0.2) is 0 Å². The number of furan rings is 1. The maximum Gasteiger partial charge on any atom is 0.289 e. The molecular formula is C24H34N2O3. The van der Waals surface area contributed by atoms with Crippen LogP contribution in [0.15, 0.2) is 40.8 Å². The summed E-state index contributed by atoms with van der Waals surface area (Å²) in [6, 6.07) is 13.0. The third kappa shape index (κ3) is 5.71. The molecule has 0 radical (unpaired) electrons. The van der Waals surface area contributed by atoms with Gasteiger partial charge in [-0.3, -0.25) is 9.69 Å². The van der Waals surface area contributed by atoms with Crippen molar-refractivity contribution >= 4 is 5.91 Å². The molecule has 0 N–H and O–H groups in total. The van der Waals surface area contributed by atoms with Crippen molar-refractivity contribution in [2.75, 3.05) is 26.3 Å². The Balaban J connectivity index is 1.65. The van der Waals surface area contributed by atoms with Crippen LogP contribution in [-0.4, -0.2) is 48.1 Å². The van der Waals surface area contributed by atoms with Gasteiger partial charge in [0.1, 0.15) is 5.76 Å². The molecule has 2 heterocycles. The van der Waals surface area contributed by atoms with Crippen molar-refractivity contribution in [2.24, 2.45) is 0 Å². The highest BCUT2D eigenvalue weighted by molar-refractivity contribution is 5.91. The SMILES string of the molecule is CC(C)N(Cc1ccc(C(C)(C)C)cc1)Cc1ccc(C(=O)N2CCOCC2)o1. The molecular weight excluding hydrogens is 364 g/mol. The zero-order chi connectivity index (χ0) is 21.0. The molecule has 29 heavy (non-hydrogen) atoms. The number of hydrogen-bond donors (Lipinski definition) is 0. The molecule has 2 aromatic rings. The number of carbonyl (C=O) groups excluding carboxylic acids is 1. The molecule has 0 unspecified atom stereocenters. The number of ether oxygens (including phenoxy) is 1. The van der Waals surface area contributed by atoms with E-state index in [9.17, 15) is 4.79 Å². The van der Waals surface area contributed by atoms with Crippen LogP contribution in [0.3, 0.4) is 0 Å². The largest absolute Gasteiger partial charge is 0.455 e. The van der Waals surface area contributed by atoms with Gasteiger partial charge in [-0.1, -0.05) is 45.0 Å². The summed E-state index contributed by atoms with van der Waals surface area (Å²) in [4.78, 5) is 16.7. The molecule has 5 heteroatoms. The lowest BCUT2D eigenvalue weighted by molar-refractivity contribution is 0.0280. The van der Waals surface area contributed by atoms with Crippen molar-refractivity contribution in [1.82, 2.24) is 9.80 Å². The zero-order valence-electron chi connectivity index (χ0n) is 18.4. The van der Waals surface area contributed by atoms with Gasteiger partial charge in [-0.15, -0.1) is 0 Å². The molecule has 158 valence electrons. The first-order chi connectivity index (χ1) is 13.7. The van der Waals surface area contributed by atoms with Crippen molar-refractivity contribution in [1.29, 1.82) is 0 Å². The summed E-state index contributed by atoms with van der Waals surface area (Å²) in [6.07, 6.45) is 0. The van der Waals surface area contributed by atoms with Gasteiger partial charge in [0.05, 0.1) is 19.8 Å². The van der Waals surface area contributed by atoms with Crippen LogP contribution in [0, 0.1) is 0 Å². The van der Waals surface area contributed by atoms with Crippen molar-refractivity contribution in [2.45, 2.75) is 59.2 Å². The minimum absolute atomic E-state index is 0.0478. The van der Waals surface area contributed by atoms with E-state index in [-0.39, 0.29) is 11.3 Å². The summed E-state index contributed by atoms with van der Waals surface area (Å²) < 4.78 is 11.2. The van der Waals surface area contributed by atoms with E-state index < -0.39 is 0 Å². The van der Waals surface area contributed by atoms with E-state index >= 15 is 0 Å². The summed E-state index contributed by atoms with van der Waals surface area (Å²) in [5, 5.41) is 0. The van der Waals surface area contributed by atoms with Crippen LogP contribution in [0.1, 0.15) is 62.1 Å². The molecule has 1 amide bonds. The van der Waals surface area contributed by atoms with Crippen LogP contribution >= 0.6 is 0 Å². The maximum absolute atomic E-state index is 12.6. The van der Waals surface area contributed by atoms with Gasteiger partial charge in [-0.2, -0.15) is 0 Å². The Morgan fingerprint density at radius 1 is 1.03 bits per heavy atom. The lowest BCUT2D eigenvalue weighted by Crippen LogP contribution is -2.40. The Kier molecular flexibility index (Phi) is 6.81. The van der Waals surface area contributed by atoms with E-state index in [2.05, 4.69) is 63.8 Å². The Hall–Kier alpha value is -2.11. The number of hydrogen-bond acceptors (Lipinski definition) is 4. The predicted molar refractivity (Wildman–Crippen MR) is 115 cm³/mol. The Morgan fingerprint density at radius 2 is 1.69 bits per heavy atom. The van der Waals surface area contributed by atoms with E-state index in [4.69, 9.17) is 9.15 Å². The molecule has 1 saturated heterocycles. The van der Waals surface area contributed by atoms with Crippen molar-refractivity contribution < 1.29 is 13.9 Å². The first kappa shape index (κ1) is 21.6. The summed E-state index contributed by atoms with van der Waals surface area (Å²) in [7, 11) is 0. The van der Waals surface area contributed by atoms with Crippen LogP contribution in [0.25, 0.3) is 0 Å². The Morgan fingerprint density at radius 3 is 2.28 bits per heavy atom. The lowest BCUT2D eigenvalue weighted by atomic mass is 9.87. The molecule has 0 atom stereocenters. The summed E-state index contributed by atoms with van der Waals surface area (Å²) in [6.45, 7) is 15.0. The molecule has 0 aliphatic carbocycles. The normalized spacial score (nSPS) is 15.3. The maximum atomic E-state index is 12.6. The predicted octanol–water partition coefficient (Wildman–Crippen LogP) is 4.46. The van der Waals surface area contributed by atoms with Crippen LogP contribution in [-0.2, 0) is 23.2 Å². The third-order valence-corrected chi connectivity index (χ3v) is 5.47. The van der Waals surface area contributed by atoms with Gasteiger partial charge in [0.25, 0.3) is 5.91 Å². The molecule has 0 spiro atoms. The highest BCUT2D eigenvalue weighted by Gasteiger charge is 2.22. The van der Waals surface area contributed by atoms with Gasteiger partial charge in [-0.05, 0) is 42.5 Å². The average molecular weight is 399 g/mol. The number of rotatable bonds is 6. The number of carbonyl (C=O) groups is 1. The molecule has 1 aromatic heterocycles. The van der Waals surface area contributed by atoms with Crippen LogP contribution < -0.4 is 0 Å². The average Bonchev–Trinajstić information content (AvgIpc) is 3.16. The summed E-state index contributed by atoms with van der Waals surface area (Å²) >= 11 is 0. The van der Waals surface area contributed by atoms with E-state index in [0.29, 0.717) is 44.7 Å². The number of amides is 1. The molecule has 3 rings (SSSR count). The van der Waals surface area contributed by atoms with Crippen molar-refractivity contribution in [3.8, 4) is 0 Å². The molecule has 0 bridgehead atoms. The topological polar surface area (TPSA) is 45.9 Å². The second-order valence-electron chi connectivity index (χ2n) is 9.12. The van der Waals surface area contributed by atoms with Crippen LogP contribution in [0.2, 0.25) is 0 Å². The number of morpholine rings is 1. The minimum atomic E-state index is -0.0478.